The average molecular weight is 423 g/mol. The van der Waals surface area contributed by atoms with Crippen molar-refractivity contribution in [1.29, 1.82) is 0 Å². The van der Waals surface area contributed by atoms with Crippen LogP contribution >= 0.6 is 0 Å². The second kappa shape index (κ2) is 14.7. The van der Waals surface area contributed by atoms with Gasteiger partial charge in [-0.15, -0.1) is 0 Å². The third-order valence-electron chi connectivity index (χ3n) is 4.45. The van der Waals surface area contributed by atoms with Crippen molar-refractivity contribution in [2.45, 2.75) is 82.1 Å². The van der Waals surface area contributed by atoms with Crippen LogP contribution in [0.4, 0.5) is 0 Å². The predicted octanol–water partition coefficient (Wildman–Crippen LogP) is 9.80. The number of hydrogen-bond donors (Lipinski definition) is 0. The van der Waals surface area contributed by atoms with Crippen molar-refractivity contribution in [3.8, 4) is 0 Å². The van der Waals surface area contributed by atoms with E-state index in [-0.39, 0.29) is 0 Å². The van der Waals surface area contributed by atoms with Gasteiger partial charge < -0.3 is 4.74 Å². The predicted molar refractivity (Wildman–Crippen MR) is 141 cm³/mol. The van der Waals surface area contributed by atoms with E-state index in [0.29, 0.717) is 11.8 Å². The summed E-state index contributed by atoms with van der Waals surface area (Å²) in [6.45, 7) is 29.7. The van der Waals surface area contributed by atoms with Gasteiger partial charge >= 0.3 is 0 Å². The Kier molecular flexibility index (Phi) is 13.6. The van der Waals surface area contributed by atoms with Crippen LogP contribution in [0.3, 0.4) is 0 Å². The highest BCUT2D eigenvalue weighted by atomic mass is 16.5. The molecule has 0 aromatic heterocycles. The highest BCUT2D eigenvalue weighted by Crippen LogP contribution is 2.28. The summed E-state index contributed by atoms with van der Waals surface area (Å²) >= 11 is 0. The minimum absolute atomic E-state index is 0.458. The van der Waals surface area contributed by atoms with E-state index in [4.69, 9.17) is 4.74 Å². The molecule has 0 spiro atoms. The molecular weight excluding hydrogens is 376 g/mol. The van der Waals surface area contributed by atoms with Crippen molar-refractivity contribution in [3.63, 3.8) is 0 Å². The van der Waals surface area contributed by atoms with E-state index in [1.165, 1.54) is 11.1 Å². The lowest BCUT2D eigenvalue weighted by Gasteiger charge is -2.19. The normalized spacial score (nSPS) is 13.4. The van der Waals surface area contributed by atoms with Crippen LogP contribution in [-0.2, 0) is 4.74 Å². The van der Waals surface area contributed by atoms with Crippen molar-refractivity contribution in [2.24, 2.45) is 11.8 Å². The SMILES string of the molecule is C=C(C)C(/C=C/C(C)C)=C(/CC=C(C)C)O/C(CC=C(C)C)=C(\C=C\C(C)C)C(=C)C. The third-order valence-corrected chi connectivity index (χ3v) is 4.45. The standard InChI is InChI=1S/C30H46O/c1-21(2)13-17-27(25(9)10)29(19-15-23(5)6)31-30(20-16-24(7)8)28(26(11)12)18-14-22(3)4/h13-18,21-22H,9,11,19-20H2,1-8,10,12H3/b17-13+,18-14+,29-27-,30-28+. The zero-order valence-electron chi connectivity index (χ0n) is 21.9. The van der Waals surface area contributed by atoms with Crippen LogP contribution in [0.15, 0.2) is 94.6 Å². The van der Waals surface area contributed by atoms with Gasteiger partial charge in [-0.3, -0.25) is 0 Å². The summed E-state index contributed by atoms with van der Waals surface area (Å²) in [6, 6.07) is 0. The van der Waals surface area contributed by atoms with Crippen LogP contribution in [0.25, 0.3) is 0 Å². The molecule has 0 rings (SSSR count). The monoisotopic (exact) mass is 422 g/mol. The average Bonchev–Trinajstić information content (AvgIpc) is 2.62. The molecule has 0 atom stereocenters. The van der Waals surface area contributed by atoms with Gasteiger partial charge in [0, 0.05) is 24.0 Å². The minimum Gasteiger partial charge on any atom is -0.464 e. The zero-order valence-corrected chi connectivity index (χ0v) is 21.9. The summed E-state index contributed by atoms with van der Waals surface area (Å²) in [7, 11) is 0. The topological polar surface area (TPSA) is 9.23 Å². The molecule has 0 saturated heterocycles. The maximum absolute atomic E-state index is 6.71. The van der Waals surface area contributed by atoms with Gasteiger partial charge in [-0.2, -0.15) is 0 Å². The minimum atomic E-state index is 0.458. The molecule has 0 radical (unpaired) electrons. The molecular formula is C30H46O. The van der Waals surface area contributed by atoms with E-state index < -0.39 is 0 Å². The molecule has 172 valence electrons. The van der Waals surface area contributed by atoms with Crippen molar-refractivity contribution in [2.75, 3.05) is 0 Å². The Morgan fingerprint density at radius 3 is 1.19 bits per heavy atom. The fourth-order valence-corrected chi connectivity index (χ4v) is 2.68. The second-order valence-electron chi connectivity index (χ2n) is 9.51. The first-order valence-electron chi connectivity index (χ1n) is 11.4. The molecule has 0 unspecified atom stereocenters. The van der Waals surface area contributed by atoms with Gasteiger partial charge in [-0.05, 0) is 64.5 Å². The Morgan fingerprint density at radius 2 is 0.968 bits per heavy atom. The zero-order chi connectivity index (χ0) is 24.1. The molecule has 0 saturated carbocycles. The van der Waals surface area contributed by atoms with Gasteiger partial charge in [0.2, 0.25) is 0 Å². The molecule has 0 aromatic rings. The van der Waals surface area contributed by atoms with E-state index in [1.54, 1.807) is 0 Å². The first kappa shape index (κ1) is 28.7. The first-order valence-corrected chi connectivity index (χ1v) is 11.4. The maximum atomic E-state index is 6.71. The van der Waals surface area contributed by atoms with Gasteiger partial charge in [0.05, 0.1) is 0 Å². The van der Waals surface area contributed by atoms with E-state index in [9.17, 15) is 0 Å². The van der Waals surface area contributed by atoms with E-state index >= 15 is 0 Å². The molecule has 0 fully saturated rings. The van der Waals surface area contributed by atoms with Crippen molar-refractivity contribution < 1.29 is 4.74 Å². The van der Waals surface area contributed by atoms with Crippen LogP contribution in [0.5, 0.6) is 0 Å². The fourth-order valence-electron chi connectivity index (χ4n) is 2.68. The summed E-state index contributed by atoms with van der Waals surface area (Å²) in [6.07, 6.45) is 14.6. The Morgan fingerprint density at radius 1 is 0.645 bits per heavy atom. The maximum Gasteiger partial charge on any atom is 0.115 e. The Hall–Kier alpha value is -2.28. The molecule has 1 nitrogen and oxygen atoms in total. The number of rotatable bonds is 12. The quantitative estimate of drug-likeness (QED) is 0.173. The van der Waals surface area contributed by atoms with Crippen LogP contribution in [0.1, 0.15) is 82.1 Å². The lowest BCUT2D eigenvalue weighted by Crippen LogP contribution is -2.02. The molecule has 0 aliphatic rings. The van der Waals surface area contributed by atoms with Crippen LogP contribution < -0.4 is 0 Å². The highest BCUT2D eigenvalue weighted by Gasteiger charge is 2.13. The molecule has 0 aliphatic heterocycles. The molecule has 0 bridgehead atoms. The van der Waals surface area contributed by atoms with E-state index in [2.05, 4.69) is 105 Å². The van der Waals surface area contributed by atoms with Crippen LogP contribution in [0, 0.1) is 11.8 Å². The molecule has 0 aliphatic carbocycles. The summed E-state index contributed by atoms with van der Waals surface area (Å²) in [5.41, 5.74) is 6.68. The Bertz CT molecular complexity index is 725. The fraction of sp³-hybridized carbons (Fsp3) is 0.467. The van der Waals surface area contributed by atoms with Gasteiger partial charge in [0.15, 0.2) is 0 Å². The molecule has 0 aromatic carbocycles. The summed E-state index contributed by atoms with van der Waals surface area (Å²) in [5, 5.41) is 0. The summed E-state index contributed by atoms with van der Waals surface area (Å²) < 4.78 is 6.71. The number of ether oxygens (including phenoxy) is 1. The third kappa shape index (κ3) is 12.9. The van der Waals surface area contributed by atoms with Crippen molar-refractivity contribution >= 4 is 0 Å². The lowest BCUT2D eigenvalue weighted by atomic mass is 10.0. The molecule has 1 heteroatoms. The van der Waals surface area contributed by atoms with Crippen LogP contribution in [0.2, 0.25) is 0 Å². The van der Waals surface area contributed by atoms with Gasteiger partial charge in [0.1, 0.15) is 11.5 Å². The number of hydrogen-bond acceptors (Lipinski definition) is 1. The van der Waals surface area contributed by atoms with E-state index in [0.717, 1.165) is 46.7 Å². The van der Waals surface area contributed by atoms with Gasteiger partial charge in [-0.1, -0.05) is 88.5 Å². The smallest absolute Gasteiger partial charge is 0.115 e. The van der Waals surface area contributed by atoms with Crippen molar-refractivity contribution in [1.82, 2.24) is 0 Å². The Balaban J connectivity index is 6.78. The van der Waals surface area contributed by atoms with Crippen molar-refractivity contribution in [3.05, 3.63) is 94.6 Å². The van der Waals surface area contributed by atoms with Gasteiger partial charge in [0.25, 0.3) is 0 Å². The molecule has 0 amide bonds. The number of allylic oxidation sites excluding steroid dienone is 12. The summed E-state index contributed by atoms with van der Waals surface area (Å²) in [5.74, 6) is 2.78. The highest BCUT2D eigenvalue weighted by molar-refractivity contribution is 5.43. The molecule has 0 N–H and O–H groups in total. The van der Waals surface area contributed by atoms with Gasteiger partial charge in [-0.25, -0.2) is 0 Å². The second-order valence-corrected chi connectivity index (χ2v) is 9.51. The lowest BCUT2D eigenvalue weighted by molar-refractivity contribution is 0.286. The first-order chi connectivity index (χ1) is 14.3. The largest absolute Gasteiger partial charge is 0.464 e. The van der Waals surface area contributed by atoms with Crippen LogP contribution in [-0.4, -0.2) is 0 Å². The molecule has 31 heavy (non-hydrogen) atoms. The Labute approximate surface area is 193 Å². The molecule has 0 heterocycles. The van der Waals surface area contributed by atoms with E-state index in [1.807, 2.05) is 13.8 Å². The summed E-state index contributed by atoms with van der Waals surface area (Å²) in [4.78, 5) is 0.